The Morgan fingerprint density at radius 1 is 1.11 bits per heavy atom. The molecule has 0 amide bonds. The van der Waals surface area contributed by atoms with Crippen LogP contribution < -0.4 is 4.90 Å². The second-order valence-corrected chi connectivity index (χ2v) is 6.43. The van der Waals surface area contributed by atoms with Crippen LogP contribution in [0, 0.1) is 12.7 Å². The summed E-state index contributed by atoms with van der Waals surface area (Å²) in [6, 6.07) is 10.6. The van der Waals surface area contributed by atoms with Gasteiger partial charge in [-0.3, -0.25) is 4.99 Å². The molecule has 1 aromatic heterocycles. The summed E-state index contributed by atoms with van der Waals surface area (Å²) in [5.74, 6) is 1.09. The van der Waals surface area contributed by atoms with Crippen LogP contribution in [0.2, 0.25) is 0 Å². The minimum Gasteiger partial charge on any atom is -0.362 e. The molecule has 0 fully saturated rings. The van der Waals surface area contributed by atoms with Crippen molar-refractivity contribution in [1.82, 2.24) is 9.97 Å². The summed E-state index contributed by atoms with van der Waals surface area (Å²) < 4.78 is 13.3. The maximum atomic E-state index is 13.3. The van der Waals surface area contributed by atoms with Crippen molar-refractivity contribution in [1.29, 1.82) is 0 Å². The molecule has 0 atom stereocenters. The number of aromatic nitrogens is 2. The van der Waals surface area contributed by atoms with Gasteiger partial charge in [0, 0.05) is 31.3 Å². The van der Waals surface area contributed by atoms with Crippen LogP contribution in [0.5, 0.6) is 0 Å². The molecule has 2 aromatic carbocycles. The summed E-state index contributed by atoms with van der Waals surface area (Å²) in [4.78, 5) is 15.2. The van der Waals surface area contributed by atoms with E-state index < -0.39 is 0 Å². The fourth-order valence-electron chi connectivity index (χ4n) is 2.97. The molecule has 0 bridgehead atoms. The Kier molecular flexibility index (Phi) is 5.12. The number of halogens is 1. The van der Waals surface area contributed by atoms with Gasteiger partial charge in [0.1, 0.15) is 11.6 Å². The molecule has 0 N–H and O–H groups in total. The average molecular weight is 360 g/mol. The Balaban J connectivity index is 2.29. The molecule has 0 spiro atoms. The van der Waals surface area contributed by atoms with Crippen molar-refractivity contribution in [3.8, 4) is 11.1 Å². The molecule has 136 valence electrons. The number of hydrogen-bond donors (Lipinski definition) is 0. The fourth-order valence-corrected chi connectivity index (χ4v) is 2.97. The van der Waals surface area contributed by atoms with Gasteiger partial charge in [0.05, 0.1) is 5.52 Å². The number of nitrogens with zero attached hydrogens (tertiary/aromatic N) is 4. The van der Waals surface area contributed by atoms with Gasteiger partial charge in [-0.15, -0.1) is 0 Å². The number of aliphatic imine (C=N–C) groups is 1. The standard InChI is InChI=1S/C22H21FN4/c1-6-15(13-24-3)21-25-20-14(2)11-17(16-7-9-18(23)10-8-16)12-19(20)22(26-21)27(4)5/h6-13H,1,3H2,2,4-5H3/b15-13+. The molecule has 0 unspecified atom stereocenters. The third-order valence-electron chi connectivity index (χ3n) is 4.28. The van der Waals surface area contributed by atoms with Crippen LogP contribution in [0.1, 0.15) is 11.4 Å². The van der Waals surface area contributed by atoms with Gasteiger partial charge in [-0.05, 0) is 54.6 Å². The molecule has 0 aliphatic rings. The molecule has 3 aromatic rings. The molecule has 1 heterocycles. The first kappa shape index (κ1) is 18.5. The molecule has 0 aliphatic heterocycles. The number of allylic oxidation sites excluding steroid dienone is 2. The van der Waals surface area contributed by atoms with E-state index in [0.717, 1.165) is 33.4 Å². The highest BCUT2D eigenvalue weighted by Crippen LogP contribution is 2.32. The largest absolute Gasteiger partial charge is 0.362 e. The zero-order valence-electron chi connectivity index (χ0n) is 15.7. The quantitative estimate of drug-likeness (QED) is 0.473. The number of benzene rings is 2. The number of hydrogen-bond acceptors (Lipinski definition) is 4. The van der Waals surface area contributed by atoms with Crippen molar-refractivity contribution in [2.24, 2.45) is 4.99 Å². The topological polar surface area (TPSA) is 41.4 Å². The van der Waals surface area contributed by atoms with E-state index in [0.29, 0.717) is 11.4 Å². The SMILES string of the molecule is C=C/C(=C\N=C)c1nc(N(C)C)c2cc(-c3ccc(F)cc3)cc(C)c2n1. The van der Waals surface area contributed by atoms with E-state index in [1.165, 1.54) is 12.1 Å². The van der Waals surface area contributed by atoms with Gasteiger partial charge in [0.25, 0.3) is 0 Å². The maximum Gasteiger partial charge on any atom is 0.163 e. The minimum absolute atomic E-state index is 0.252. The Bertz CT molecular complexity index is 1050. The lowest BCUT2D eigenvalue weighted by Crippen LogP contribution is -2.13. The Morgan fingerprint density at radius 3 is 2.41 bits per heavy atom. The van der Waals surface area contributed by atoms with Gasteiger partial charge in [0.2, 0.25) is 0 Å². The molecular formula is C22H21FN4. The molecule has 3 rings (SSSR count). The van der Waals surface area contributed by atoms with Crippen LogP contribution in [-0.2, 0) is 0 Å². The Morgan fingerprint density at radius 2 is 1.81 bits per heavy atom. The molecule has 27 heavy (non-hydrogen) atoms. The Hall–Kier alpha value is -3.34. The normalized spacial score (nSPS) is 11.5. The van der Waals surface area contributed by atoms with Crippen molar-refractivity contribution >= 4 is 29.0 Å². The first-order chi connectivity index (χ1) is 12.9. The van der Waals surface area contributed by atoms with Crippen LogP contribution >= 0.6 is 0 Å². The monoisotopic (exact) mass is 360 g/mol. The van der Waals surface area contributed by atoms with Gasteiger partial charge >= 0.3 is 0 Å². The number of anilines is 1. The lowest BCUT2D eigenvalue weighted by molar-refractivity contribution is 0.628. The van der Waals surface area contributed by atoms with Crippen molar-refractivity contribution in [2.45, 2.75) is 6.92 Å². The summed E-state index contributed by atoms with van der Waals surface area (Å²) in [5, 5.41) is 0.929. The summed E-state index contributed by atoms with van der Waals surface area (Å²) in [6.45, 7) is 9.32. The Labute approximate surface area is 158 Å². The zero-order chi connectivity index (χ0) is 19.6. The van der Waals surface area contributed by atoms with Crippen LogP contribution in [-0.4, -0.2) is 30.8 Å². The highest BCUT2D eigenvalue weighted by Gasteiger charge is 2.15. The van der Waals surface area contributed by atoms with Gasteiger partial charge in [-0.25, -0.2) is 14.4 Å². The molecule has 0 saturated heterocycles. The van der Waals surface area contributed by atoms with Crippen LogP contribution in [0.3, 0.4) is 0 Å². The van der Waals surface area contributed by atoms with Crippen molar-refractivity contribution in [3.63, 3.8) is 0 Å². The van der Waals surface area contributed by atoms with Crippen molar-refractivity contribution in [2.75, 3.05) is 19.0 Å². The van der Waals surface area contributed by atoms with E-state index in [4.69, 9.17) is 9.97 Å². The molecule has 0 saturated carbocycles. The van der Waals surface area contributed by atoms with Gasteiger partial charge in [0.15, 0.2) is 5.82 Å². The third kappa shape index (κ3) is 3.62. The average Bonchev–Trinajstić information content (AvgIpc) is 2.66. The predicted molar refractivity (Wildman–Crippen MR) is 112 cm³/mol. The smallest absolute Gasteiger partial charge is 0.163 e. The second kappa shape index (κ2) is 7.50. The lowest BCUT2D eigenvalue weighted by atomic mass is 10.00. The van der Waals surface area contributed by atoms with Gasteiger partial charge < -0.3 is 4.90 Å². The van der Waals surface area contributed by atoms with E-state index in [1.54, 1.807) is 24.4 Å². The number of aryl methyl sites for hydroxylation is 1. The zero-order valence-corrected chi connectivity index (χ0v) is 15.7. The van der Waals surface area contributed by atoms with E-state index in [2.05, 4.69) is 24.4 Å². The van der Waals surface area contributed by atoms with Gasteiger partial charge in [-0.1, -0.05) is 24.8 Å². The van der Waals surface area contributed by atoms with E-state index >= 15 is 0 Å². The minimum atomic E-state index is -0.252. The number of rotatable bonds is 5. The van der Waals surface area contributed by atoms with E-state index in [9.17, 15) is 4.39 Å². The summed E-state index contributed by atoms with van der Waals surface area (Å²) in [5.41, 5.74) is 4.50. The predicted octanol–water partition coefficient (Wildman–Crippen LogP) is 5.04. The summed E-state index contributed by atoms with van der Waals surface area (Å²) in [7, 11) is 3.88. The van der Waals surface area contributed by atoms with E-state index in [1.807, 2.05) is 32.0 Å². The number of fused-ring (bicyclic) bond motifs is 1. The van der Waals surface area contributed by atoms with Crippen molar-refractivity contribution in [3.05, 3.63) is 72.5 Å². The highest BCUT2D eigenvalue weighted by molar-refractivity contribution is 5.96. The van der Waals surface area contributed by atoms with E-state index in [-0.39, 0.29) is 5.82 Å². The maximum absolute atomic E-state index is 13.3. The van der Waals surface area contributed by atoms with Crippen LogP contribution in [0.25, 0.3) is 27.6 Å². The summed E-state index contributed by atoms with van der Waals surface area (Å²) >= 11 is 0. The first-order valence-corrected chi connectivity index (χ1v) is 8.49. The lowest BCUT2D eigenvalue weighted by Gasteiger charge is -2.17. The van der Waals surface area contributed by atoms with Crippen LogP contribution in [0.15, 0.2) is 60.2 Å². The van der Waals surface area contributed by atoms with Crippen LogP contribution in [0.4, 0.5) is 10.2 Å². The molecule has 5 heteroatoms. The molecule has 0 radical (unpaired) electrons. The highest BCUT2D eigenvalue weighted by atomic mass is 19.1. The molecular weight excluding hydrogens is 339 g/mol. The van der Waals surface area contributed by atoms with Gasteiger partial charge in [-0.2, -0.15) is 0 Å². The third-order valence-corrected chi connectivity index (χ3v) is 4.28. The fraction of sp³-hybridized carbons (Fsp3) is 0.136. The van der Waals surface area contributed by atoms with Crippen molar-refractivity contribution < 1.29 is 4.39 Å². The second-order valence-electron chi connectivity index (χ2n) is 6.43. The molecule has 4 nitrogen and oxygen atoms in total. The first-order valence-electron chi connectivity index (χ1n) is 8.49. The summed E-state index contributed by atoms with van der Waals surface area (Å²) in [6.07, 6.45) is 3.26. The molecule has 0 aliphatic carbocycles.